The van der Waals surface area contributed by atoms with Crippen molar-refractivity contribution < 1.29 is 9.53 Å². The maximum atomic E-state index is 10.5. The molecule has 0 radical (unpaired) electrons. The lowest BCUT2D eigenvalue weighted by molar-refractivity contribution is -0.141. The molecule has 0 amide bonds. The number of allylic oxidation sites excluding steroid dienone is 2. The Morgan fingerprint density at radius 1 is 1.00 bits per heavy atom. The first-order chi connectivity index (χ1) is 7.77. The van der Waals surface area contributed by atoms with Gasteiger partial charge in [0, 0.05) is 6.92 Å². The van der Waals surface area contributed by atoms with Crippen molar-refractivity contribution in [2.75, 3.05) is 6.61 Å². The van der Waals surface area contributed by atoms with Crippen molar-refractivity contribution >= 4 is 5.97 Å². The zero-order valence-electron chi connectivity index (χ0n) is 10.8. The molecule has 0 heterocycles. The summed E-state index contributed by atoms with van der Waals surface area (Å²) in [7, 11) is 0. The highest BCUT2D eigenvalue weighted by Gasteiger charge is 1.94. The van der Waals surface area contributed by atoms with Crippen LogP contribution in [0.3, 0.4) is 0 Å². The fourth-order valence-electron chi connectivity index (χ4n) is 1.63. The number of carbonyl (C=O) groups is 1. The van der Waals surface area contributed by atoms with Crippen molar-refractivity contribution in [2.24, 2.45) is 0 Å². The van der Waals surface area contributed by atoms with Gasteiger partial charge in [0.25, 0.3) is 0 Å². The summed E-state index contributed by atoms with van der Waals surface area (Å²) in [4.78, 5) is 10.5. The van der Waals surface area contributed by atoms with Crippen molar-refractivity contribution in [1.29, 1.82) is 0 Å². The van der Waals surface area contributed by atoms with Gasteiger partial charge in [-0.15, -0.1) is 0 Å². The maximum Gasteiger partial charge on any atom is 0.302 e. The first-order valence-corrected chi connectivity index (χ1v) is 6.52. The van der Waals surface area contributed by atoms with E-state index in [9.17, 15) is 4.79 Å². The van der Waals surface area contributed by atoms with Gasteiger partial charge in [-0.25, -0.2) is 0 Å². The Balaban J connectivity index is 2.96. The van der Waals surface area contributed by atoms with E-state index in [0.717, 1.165) is 6.42 Å². The SMILES string of the molecule is C/C=C\CCCCCCCCCOC(C)=O. The van der Waals surface area contributed by atoms with E-state index in [1.807, 2.05) is 0 Å². The Kier molecular flexibility index (Phi) is 11.7. The van der Waals surface area contributed by atoms with Crippen LogP contribution in [-0.4, -0.2) is 12.6 Å². The lowest BCUT2D eigenvalue weighted by Gasteiger charge is -2.02. The van der Waals surface area contributed by atoms with E-state index < -0.39 is 0 Å². The van der Waals surface area contributed by atoms with Crippen LogP contribution in [0, 0.1) is 0 Å². The third-order valence-corrected chi connectivity index (χ3v) is 2.56. The molecule has 0 bridgehead atoms. The van der Waals surface area contributed by atoms with Gasteiger partial charge in [-0.05, 0) is 26.2 Å². The Labute approximate surface area is 100 Å². The lowest BCUT2D eigenvalue weighted by Crippen LogP contribution is -1.99. The molecule has 0 atom stereocenters. The first kappa shape index (κ1) is 15.2. The molecule has 0 aliphatic rings. The minimum atomic E-state index is -0.163. The van der Waals surface area contributed by atoms with E-state index in [1.165, 1.54) is 51.9 Å². The van der Waals surface area contributed by atoms with E-state index >= 15 is 0 Å². The van der Waals surface area contributed by atoms with E-state index in [2.05, 4.69) is 19.1 Å². The lowest BCUT2D eigenvalue weighted by atomic mass is 10.1. The molecule has 0 aliphatic carbocycles. The Morgan fingerprint density at radius 3 is 2.12 bits per heavy atom. The van der Waals surface area contributed by atoms with E-state index in [4.69, 9.17) is 4.74 Å². The zero-order chi connectivity index (χ0) is 12.1. The van der Waals surface area contributed by atoms with Gasteiger partial charge in [0.2, 0.25) is 0 Å². The highest BCUT2D eigenvalue weighted by atomic mass is 16.5. The normalized spacial score (nSPS) is 10.9. The first-order valence-electron chi connectivity index (χ1n) is 6.52. The van der Waals surface area contributed by atoms with Gasteiger partial charge < -0.3 is 4.74 Å². The minimum absolute atomic E-state index is 0.163. The number of carbonyl (C=O) groups excluding carboxylic acids is 1. The number of unbranched alkanes of at least 4 members (excludes halogenated alkanes) is 7. The van der Waals surface area contributed by atoms with Gasteiger partial charge in [0.05, 0.1) is 6.61 Å². The minimum Gasteiger partial charge on any atom is -0.466 e. The number of hydrogen-bond acceptors (Lipinski definition) is 2. The molecule has 0 fully saturated rings. The Hall–Kier alpha value is -0.790. The molecule has 0 aromatic heterocycles. The quantitative estimate of drug-likeness (QED) is 0.316. The molecule has 0 saturated carbocycles. The summed E-state index contributed by atoms with van der Waals surface area (Å²) < 4.78 is 4.87. The van der Waals surface area contributed by atoms with Crippen LogP contribution in [0.15, 0.2) is 12.2 Å². The van der Waals surface area contributed by atoms with Gasteiger partial charge in [-0.3, -0.25) is 4.79 Å². The Bertz CT molecular complexity index is 185. The smallest absolute Gasteiger partial charge is 0.302 e. The molecule has 0 rings (SSSR count). The van der Waals surface area contributed by atoms with Crippen molar-refractivity contribution in [2.45, 2.75) is 65.2 Å². The van der Waals surface area contributed by atoms with Crippen LogP contribution in [0.25, 0.3) is 0 Å². The van der Waals surface area contributed by atoms with Crippen LogP contribution < -0.4 is 0 Å². The van der Waals surface area contributed by atoms with Crippen LogP contribution in [0.2, 0.25) is 0 Å². The predicted molar refractivity (Wildman–Crippen MR) is 68.4 cm³/mol. The number of rotatable bonds is 10. The number of esters is 1. The molecule has 0 unspecified atom stereocenters. The van der Waals surface area contributed by atoms with Crippen LogP contribution in [0.5, 0.6) is 0 Å². The summed E-state index contributed by atoms with van der Waals surface area (Å²) in [6.07, 6.45) is 14.4. The predicted octanol–water partition coefficient (Wildman–Crippen LogP) is 4.25. The van der Waals surface area contributed by atoms with Crippen LogP contribution in [-0.2, 0) is 9.53 Å². The summed E-state index contributed by atoms with van der Waals surface area (Å²) in [5.41, 5.74) is 0. The van der Waals surface area contributed by atoms with Gasteiger partial charge in [0.1, 0.15) is 0 Å². The standard InChI is InChI=1S/C14H26O2/c1-3-4-5-6-7-8-9-10-11-12-13-16-14(2)15/h3-4H,5-13H2,1-2H3/b4-3-. The molecular weight excluding hydrogens is 200 g/mol. The maximum absolute atomic E-state index is 10.5. The molecule has 0 aromatic carbocycles. The molecule has 0 N–H and O–H groups in total. The van der Waals surface area contributed by atoms with Gasteiger partial charge >= 0.3 is 5.97 Å². The average molecular weight is 226 g/mol. The summed E-state index contributed by atoms with van der Waals surface area (Å²) >= 11 is 0. The summed E-state index contributed by atoms with van der Waals surface area (Å²) in [6, 6.07) is 0. The molecule has 0 spiro atoms. The summed E-state index contributed by atoms with van der Waals surface area (Å²) in [5.74, 6) is -0.163. The van der Waals surface area contributed by atoms with Gasteiger partial charge in [-0.2, -0.15) is 0 Å². The molecular formula is C14H26O2. The third kappa shape index (κ3) is 13.2. The fraction of sp³-hybridized carbons (Fsp3) is 0.786. The zero-order valence-corrected chi connectivity index (χ0v) is 10.8. The van der Waals surface area contributed by atoms with E-state index in [1.54, 1.807) is 0 Å². The largest absolute Gasteiger partial charge is 0.466 e. The average Bonchev–Trinajstić information content (AvgIpc) is 2.25. The van der Waals surface area contributed by atoms with Crippen LogP contribution >= 0.6 is 0 Å². The van der Waals surface area contributed by atoms with E-state index in [-0.39, 0.29) is 5.97 Å². The highest BCUT2D eigenvalue weighted by molar-refractivity contribution is 5.65. The van der Waals surface area contributed by atoms with Crippen molar-refractivity contribution in [3.8, 4) is 0 Å². The molecule has 2 heteroatoms. The van der Waals surface area contributed by atoms with Crippen molar-refractivity contribution in [3.05, 3.63) is 12.2 Å². The topological polar surface area (TPSA) is 26.3 Å². The summed E-state index contributed by atoms with van der Waals surface area (Å²) in [6.45, 7) is 4.13. The molecule has 0 aliphatic heterocycles. The highest BCUT2D eigenvalue weighted by Crippen LogP contribution is 2.08. The summed E-state index contributed by atoms with van der Waals surface area (Å²) in [5, 5.41) is 0. The second kappa shape index (κ2) is 12.3. The third-order valence-electron chi connectivity index (χ3n) is 2.56. The monoisotopic (exact) mass is 226 g/mol. The molecule has 0 saturated heterocycles. The molecule has 2 nitrogen and oxygen atoms in total. The second-order valence-electron chi connectivity index (χ2n) is 4.17. The molecule has 16 heavy (non-hydrogen) atoms. The van der Waals surface area contributed by atoms with Crippen molar-refractivity contribution in [1.82, 2.24) is 0 Å². The van der Waals surface area contributed by atoms with Gasteiger partial charge in [-0.1, -0.05) is 44.3 Å². The number of ether oxygens (including phenoxy) is 1. The van der Waals surface area contributed by atoms with Crippen molar-refractivity contribution in [3.63, 3.8) is 0 Å². The molecule has 94 valence electrons. The fourth-order valence-corrected chi connectivity index (χ4v) is 1.63. The van der Waals surface area contributed by atoms with E-state index in [0.29, 0.717) is 6.61 Å². The number of hydrogen-bond donors (Lipinski definition) is 0. The second-order valence-corrected chi connectivity index (χ2v) is 4.17. The van der Waals surface area contributed by atoms with Gasteiger partial charge in [0.15, 0.2) is 0 Å². The molecule has 0 aromatic rings. The van der Waals surface area contributed by atoms with Crippen LogP contribution in [0.1, 0.15) is 65.2 Å². The van der Waals surface area contributed by atoms with Crippen LogP contribution in [0.4, 0.5) is 0 Å². The Morgan fingerprint density at radius 2 is 1.56 bits per heavy atom.